The van der Waals surface area contributed by atoms with Gasteiger partial charge in [0.25, 0.3) is 0 Å². The minimum absolute atomic E-state index is 0.106. The van der Waals surface area contributed by atoms with Crippen LogP contribution in [0.1, 0.15) is 35.4 Å². The first kappa shape index (κ1) is 23.8. The zero-order chi connectivity index (χ0) is 23.0. The molecular weight excluding hydrogens is 424 g/mol. The van der Waals surface area contributed by atoms with Crippen LogP contribution in [0.3, 0.4) is 0 Å². The summed E-state index contributed by atoms with van der Waals surface area (Å²) < 4.78 is 30.9. The van der Waals surface area contributed by atoms with Gasteiger partial charge in [-0.2, -0.15) is 8.42 Å². The van der Waals surface area contributed by atoms with E-state index >= 15 is 0 Å². The highest BCUT2D eigenvalue weighted by Crippen LogP contribution is 2.23. The summed E-state index contributed by atoms with van der Waals surface area (Å²) in [5, 5.41) is 0. The molecule has 170 valence electrons. The molecule has 0 bridgehead atoms. The summed E-state index contributed by atoms with van der Waals surface area (Å²) in [6, 6.07) is 13.5. The van der Waals surface area contributed by atoms with Crippen molar-refractivity contribution in [3.05, 3.63) is 83.4 Å². The first-order chi connectivity index (χ1) is 15.4. The monoisotopic (exact) mass is 454 g/mol. The van der Waals surface area contributed by atoms with Gasteiger partial charge in [-0.1, -0.05) is 24.3 Å². The van der Waals surface area contributed by atoms with Gasteiger partial charge < -0.3 is 9.92 Å². The SMILES string of the molecule is Cc1cnc(CN(CCCCN)Cc2ncccc2OS(=O)(=O)c2ccccc2)c(C)c1. The number of nitrogens with zero attached hydrogens (tertiary/aromatic N) is 3. The van der Waals surface area contributed by atoms with Gasteiger partial charge in [0.2, 0.25) is 0 Å². The lowest BCUT2D eigenvalue weighted by Gasteiger charge is -2.23. The van der Waals surface area contributed by atoms with Crippen LogP contribution in [0.2, 0.25) is 0 Å². The van der Waals surface area contributed by atoms with Crippen LogP contribution in [0.15, 0.2) is 65.8 Å². The number of rotatable bonds is 11. The maximum atomic E-state index is 12.7. The molecule has 2 N–H and O–H groups in total. The lowest BCUT2D eigenvalue weighted by Crippen LogP contribution is -2.26. The minimum Gasteiger partial charge on any atom is -0.377 e. The Morgan fingerprint density at radius 1 is 0.969 bits per heavy atom. The summed E-state index contributed by atoms with van der Waals surface area (Å²) in [7, 11) is -3.95. The van der Waals surface area contributed by atoms with Crippen molar-refractivity contribution >= 4 is 10.1 Å². The summed E-state index contributed by atoms with van der Waals surface area (Å²) in [5.74, 6) is 0.230. The van der Waals surface area contributed by atoms with Crippen molar-refractivity contribution in [3.63, 3.8) is 0 Å². The third-order valence-corrected chi connectivity index (χ3v) is 6.33. The van der Waals surface area contributed by atoms with E-state index in [1.54, 1.807) is 36.5 Å². The first-order valence-corrected chi connectivity index (χ1v) is 12.1. The van der Waals surface area contributed by atoms with E-state index in [0.717, 1.165) is 36.2 Å². The molecule has 7 nitrogen and oxygen atoms in total. The molecule has 0 aliphatic rings. The second-order valence-corrected chi connectivity index (χ2v) is 9.33. The van der Waals surface area contributed by atoms with Crippen LogP contribution in [-0.2, 0) is 23.2 Å². The Labute approximate surface area is 190 Å². The Morgan fingerprint density at radius 3 is 2.44 bits per heavy atom. The van der Waals surface area contributed by atoms with Crippen LogP contribution in [-0.4, -0.2) is 36.4 Å². The standard InChI is InChI=1S/C24H30N4O3S/c1-19-15-20(2)22(27-16-19)17-28(14-7-6-12-25)18-23-24(11-8-13-26-23)31-32(29,30)21-9-4-3-5-10-21/h3-5,8-11,13,15-16H,6-7,12,14,17-18,25H2,1-2H3. The number of benzene rings is 1. The molecule has 2 heterocycles. The summed E-state index contributed by atoms with van der Waals surface area (Å²) >= 11 is 0. The Hall–Kier alpha value is -2.81. The Balaban J connectivity index is 1.83. The molecule has 3 aromatic rings. The summed E-state index contributed by atoms with van der Waals surface area (Å²) in [6.07, 6.45) is 5.34. The lowest BCUT2D eigenvalue weighted by molar-refractivity contribution is 0.243. The minimum atomic E-state index is -3.95. The third-order valence-electron chi connectivity index (χ3n) is 5.08. The maximum absolute atomic E-state index is 12.7. The highest BCUT2D eigenvalue weighted by atomic mass is 32.2. The summed E-state index contributed by atoms with van der Waals surface area (Å²) in [6.45, 7) is 6.54. The van der Waals surface area contributed by atoms with E-state index in [0.29, 0.717) is 25.3 Å². The van der Waals surface area contributed by atoms with Crippen LogP contribution in [0, 0.1) is 13.8 Å². The largest absolute Gasteiger partial charge is 0.377 e. The molecule has 0 atom stereocenters. The topological polar surface area (TPSA) is 98.4 Å². The van der Waals surface area contributed by atoms with Crippen molar-refractivity contribution in [1.29, 1.82) is 0 Å². The molecule has 32 heavy (non-hydrogen) atoms. The molecule has 0 saturated carbocycles. The molecule has 0 aliphatic heterocycles. The predicted molar refractivity (Wildman–Crippen MR) is 125 cm³/mol. The number of aromatic nitrogens is 2. The molecule has 0 unspecified atom stereocenters. The molecule has 0 amide bonds. The van der Waals surface area contributed by atoms with Crippen molar-refractivity contribution in [2.75, 3.05) is 13.1 Å². The predicted octanol–water partition coefficient (Wildman–Crippen LogP) is 3.60. The number of hydrogen-bond acceptors (Lipinski definition) is 7. The van der Waals surface area contributed by atoms with Crippen molar-refractivity contribution in [2.24, 2.45) is 5.73 Å². The van der Waals surface area contributed by atoms with Gasteiger partial charge in [-0.05, 0) is 75.2 Å². The molecular formula is C24H30N4O3S. The van der Waals surface area contributed by atoms with E-state index in [4.69, 9.17) is 9.92 Å². The van der Waals surface area contributed by atoms with Gasteiger partial charge in [-0.15, -0.1) is 0 Å². The highest BCUT2D eigenvalue weighted by Gasteiger charge is 2.20. The summed E-state index contributed by atoms with van der Waals surface area (Å²) in [5.41, 5.74) is 9.47. The molecule has 0 spiro atoms. The molecule has 8 heteroatoms. The molecule has 0 fully saturated rings. The number of aryl methyl sites for hydroxylation is 2. The third kappa shape index (κ3) is 6.59. The van der Waals surface area contributed by atoms with Crippen molar-refractivity contribution in [2.45, 2.75) is 44.7 Å². The fourth-order valence-corrected chi connectivity index (χ4v) is 4.37. The van der Waals surface area contributed by atoms with E-state index in [9.17, 15) is 8.42 Å². The fourth-order valence-electron chi connectivity index (χ4n) is 3.40. The van der Waals surface area contributed by atoms with E-state index < -0.39 is 10.1 Å². The van der Waals surface area contributed by atoms with Crippen molar-refractivity contribution < 1.29 is 12.6 Å². The van der Waals surface area contributed by atoms with Gasteiger partial charge in [0.1, 0.15) is 4.90 Å². The van der Waals surface area contributed by atoms with E-state index in [-0.39, 0.29) is 10.6 Å². The van der Waals surface area contributed by atoms with Crippen LogP contribution >= 0.6 is 0 Å². The van der Waals surface area contributed by atoms with E-state index in [1.807, 2.05) is 13.1 Å². The Bertz CT molecular complexity index is 1120. The second kappa shape index (κ2) is 11.2. The fraction of sp³-hybridized carbons (Fsp3) is 0.333. The normalized spacial score (nSPS) is 11.6. The van der Waals surface area contributed by atoms with Crippen LogP contribution in [0.5, 0.6) is 5.75 Å². The van der Waals surface area contributed by atoms with Crippen LogP contribution in [0.25, 0.3) is 0 Å². The zero-order valence-corrected chi connectivity index (χ0v) is 19.4. The Kier molecular flexibility index (Phi) is 8.33. The number of hydrogen-bond donors (Lipinski definition) is 1. The van der Waals surface area contributed by atoms with Gasteiger partial charge in [-0.25, -0.2) is 0 Å². The molecule has 0 radical (unpaired) electrons. The van der Waals surface area contributed by atoms with E-state index in [2.05, 4.69) is 27.9 Å². The number of unbranched alkanes of at least 4 members (excludes halogenated alkanes) is 1. The second-order valence-electron chi connectivity index (χ2n) is 7.78. The van der Waals surface area contributed by atoms with E-state index in [1.165, 1.54) is 12.1 Å². The number of nitrogens with two attached hydrogens (primary N) is 1. The molecule has 3 rings (SSSR count). The Morgan fingerprint density at radius 2 is 1.72 bits per heavy atom. The zero-order valence-electron chi connectivity index (χ0n) is 18.6. The molecule has 0 aliphatic carbocycles. The number of pyridine rings is 2. The summed E-state index contributed by atoms with van der Waals surface area (Å²) in [4.78, 5) is 11.3. The average molecular weight is 455 g/mol. The van der Waals surface area contributed by atoms with Crippen LogP contribution in [0.4, 0.5) is 0 Å². The highest BCUT2D eigenvalue weighted by molar-refractivity contribution is 7.87. The first-order valence-electron chi connectivity index (χ1n) is 10.7. The smallest absolute Gasteiger partial charge is 0.339 e. The van der Waals surface area contributed by atoms with Gasteiger partial charge >= 0.3 is 10.1 Å². The van der Waals surface area contributed by atoms with Gasteiger partial charge in [0, 0.05) is 25.5 Å². The van der Waals surface area contributed by atoms with Gasteiger partial charge in [-0.3, -0.25) is 14.9 Å². The lowest BCUT2D eigenvalue weighted by atomic mass is 10.1. The van der Waals surface area contributed by atoms with Crippen molar-refractivity contribution in [1.82, 2.24) is 14.9 Å². The van der Waals surface area contributed by atoms with Crippen LogP contribution < -0.4 is 9.92 Å². The van der Waals surface area contributed by atoms with Gasteiger partial charge in [0.15, 0.2) is 5.75 Å². The molecule has 0 saturated heterocycles. The molecule has 2 aromatic heterocycles. The quantitative estimate of drug-likeness (QED) is 0.349. The van der Waals surface area contributed by atoms with Crippen molar-refractivity contribution in [3.8, 4) is 5.75 Å². The van der Waals surface area contributed by atoms with Gasteiger partial charge in [0.05, 0.1) is 11.4 Å². The maximum Gasteiger partial charge on any atom is 0.339 e. The average Bonchev–Trinajstić information content (AvgIpc) is 2.77. The molecule has 1 aromatic carbocycles.